The van der Waals surface area contributed by atoms with Crippen LogP contribution >= 0.6 is 11.3 Å². The van der Waals surface area contributed by atoms with Gasteiger partial charge in [-0.2, -0.15) is 19.8 Å². The van der Waals surface area contributed by atoms with Crippen LogP contribution in [0.25, 0.3) is 0 Å². The third-order valence-electron chi connectivity index (χ3n) is 1.70. The van der Waals surface area contributed by atoms with E-state index in [1.807, 2.05) is 16.8 Å². The van der Waals surface area contributed by atoms with Crippen molar-refractivity contribution in [1.82, 2.24) is 0 Å². The second-order valence-electron chi connectivity index (χ2n) is 2.87. The molecule has 0 spiro atoms. The molecule has 0 saturated heterocycles. The maximum atomic E-state index is 10.4. The number of unbranched alkanes of at least 4 members (excludes halogenated alkanes) is 1. The van der Waals surface area contributed by atoms with E-state index in [1.165, 1.54) is 5.56 Å². The Morgan fingerprint density at radius 1 is 1.43 bits per heavy atom. The molecular weight excluding hydrogens is 231 g/mol. The van der Waals surface area contributed by atoms with E-state index in [2.05, 4.69) is 0 Å². The molecule has 1 heterocycles. The summed E-state index contributed by atoms with van der Waals surface area (Å²) in [6.45, 7) is 0. The quantitative estimate of drug-likeness (QED) is 0.414. The van der Waals surface area contributed by atoms with Crippen molar-refractivity contribution < 1.29 is 44.0 Å². The summed E-state index contributed by atoms with van der Waals surface area (Å²) in [6, 6.07) is 2.03. The molecule has 0 aliphatic carbocycles. The van der Waals surface area contributed by atoms with Gasteiger partial charge in [0.2, 0.25) is 0 Å². The van der Waals surface area contributed by atoms with Gasteiger partial charge >= 0.3 is 29.6 Å². The van der Waals surface area contributed by atoms with Crippen LogP contribution in [0.4, 0.5) is 0 Å². The second-order valence-corrected chi connectivity index (χ2v) is 5.23. The van der Waals surface area contributed by atoms with Gasteiger partial charge in [-0.3, -0.25) is 4.55 Å². The van der Waals surface area contributed by atoms with E-state index < -0.39 is 10.1 Å². The van der Waals surface area contributed by atoms with Crippen LogP contribution in [-0.2, 0) is 16.5 Å². The van der Waals surface area contributed by atoms with Crippen molar-refractivity contribution in [2.75, 3.05) is 5.75 Å². The van der Waals surface area contributed by atoms with Crippen molar-refractivity contribution in [3.05, 3.63) is 22.4 Å². The first-order valence-corrected chi connectivity index (χ1v) is 6.59. The number of aryl methyl sites for hydroxylation is 1. The Bertz CT molecular complexity index is 337. The Morgan fingerprint density at radius 2 is 2.14 bits per heavy atom. The van der Waals surface area contributed by atoms with Crippen LogP contribution in [0.1, 0.15) is 19.8 Å². The molecule has 76 valence electrons. The van der Waals surface area contributed by atoms with Crippen LogP contribution in [-0.4, -0.2) is 18.7 Å². The fourth-order valence-electron chi connectivity index (χ4n) is 1.05. The molecule has 0 atom stereocenters. The fourth-order valence-corrected chi connectivity index (χ4v) is 2.32. The van der Waals surface area contributed by atoms with E-state index in [1.54, 1.807) is 11.3 Å². The van der Waals surface area contributed by atoms with E-state index in [0.717, 1.165) is 12.8 Å². The van der Waals surface area contributed by atoms with E-state index in [0.29, 0.717) is 6.42 Å². The molecule has 0 bridgehead atoms. The zero-order valence-corrected chi connectivity index (χ0v) is 11.8. The summed E-state index contributed by atoms with van der Waals surface area (Å²) >= 11 is 1.64. The fraction of sp³-hybridized carbons (Fsp3) is 0.500. The minimum absolute atomic E-state index is 0. The Morgan fingerprint density at radius 3 is 2.64 bits per heavy atom. The van der Waals surface area contributed by atoms with Gasteiger partial charge in [0.15, 0.2) is 0 Å². The second kappa shape index (κ2) is 6.98. The third-order valence-corrected chi connectivity index (χ3v) is 3.23. The van der Waals surface area contributed by atoms with E-state index in [9.17, 15) is 8.42 Å². The molecule has 1 rings (SSSR count). The molecule has 0 aliphatic rings. The van der Waals surface area contributed by atoms with Gasteiger partial charge in [0.25, 0.3) is 10.1 Å². The SMILES string of the molecule is O=S(=O)(O)CCCCc1ccsc1.[H-].[Na+]. The number of rotatable bonds is 5. The van der Waals surface area contributed by atoms with Gasteiger partial charge in [-0.15, -0.1) is 0 Å². The van der Waals surface area contributed by atoms with Gasteiger partial charge in [0.1, 0.15) is 0 Å². The Hall–Kier alpha value is 0.610. The monoisotopic (exact) mass is 244 g/mol. The Labute approximate surface area is 112 Å². The van der Waals surface area contributed by atoms with Crippen LogP contribution in [0.5, 0.6) is 0 Å². The molecule has 0 amide bonds. The largest absolute Gasteiger partial charge is 1.00 e. The van der Waals surface area contributed by atoms with Gasteiger partial charge in [-0.05, 0) is 41.7 Å². The van der Waals surface area contributed by atoms with Gasteiger partial charge in [0, 0.05) is 0 Å². The molecule has 0 saturated carbocycles. The smallest absolute Gasteiger partial charge is 1.00 e. The first-order chi connectivity index (χ1) is 6.08. The summed E-state index contributed by atoms with van der Waals surface area (Å²) < 4.78 is 29.1. The van der Waals surface area contributed by atoms with Crippen LogP contribution in [0.15, 0.2) is 16.8 Å². The summed E-state index contributed by atoms with van der Waals surface area (Å²) in [6.07, 6.45) is 2.21. The molecule has 0 aromatic carbocycles. The third kappa shape index (κ3) is 6.98. The molecular formula is C8H13NaO3S2. The summed E-state index contributed by atoms with van der Waals surface area (Å²) in [7, 11) is -3.76. The summed E-state index contributed by atoms with van der Waals surface area (Å²) in [4.78, 5) is 0. The molecule has 0 aliphatic heterocycles. The normalized spacial score (nSPS) is 10.9. The molecule has 3 nitrogen and oxygen atoms in total. The predicted octanol–water partition coefficient (Wildman–Crippen LogP) is -0.925. The maximum absolute atomic E-state index is 10.4. The van der Waals surface area contributed by atoms with Crippen molar-refractivity contribution in [3.63, 3.8) is 0 Å². The molecule has 0 fully saturated rings. The van der Waals surface area contributed by atoms with E-state index in [-0.39, 0.29) is 36.7 Å². The minimum Gasteiger partial charge on any atom is -1.00 e. The number of hydrogen-bond donors (Lipinski definition) is 1. The molecule has 1 N–H and O–H groups in total. The molecule has 6 heteroatoms. The maximum Gasteiger partial charge on any atom is 1.00 e. The zero-order valence-electron chi connectivity index (χ0n) is 9.14. The Kier molecular flexibility index (Phi) is 7.28. The summed E-state index contributed by atoms with van der Waals surface area (Å²) in [5.41, 5.74) is 1.24. The first-order valence-electron chi connectivity index (χ1n) is 4.04. The van der Waals surface area contributed by atoms with Crippen molar-refractivity contribution in [3.8, 4) is 0 Å². The molecule has 1 aromatic heterocycles. The van der Waals surface area contributed by atoms with Crippen molar-refractivity contribution >= 4 is 21.5 Å². The summed E-state index contributed by atoms with van der Waals surface area (Å²) in [5, 5.41) is 4.05. The van der Waals surface area contributed by atoms with Gasteiger partial charge < -0.3 is 1.43 Å². The van der Waals surface area contributed by atoms with Crippen molar-refractivity contribution in [2.24, 2.45) is 0 Å². The number of thiophene rings is 1. The van der Waals surface area contributed by atoms with Crippen LogP contribution < -0.4 is 29.6 Å². The van der Waals surface area contributed by atoms with Crippen LogP contribution in [0.2, 0.25) is 0 Å². The minimum atomic E-state index is -3.76. The first kappa shape index (κ1) is 14.6. The van der Waals surface area contributed by atoms with Gasteiger partial charge in [-0.1, -0.05) is 0 Å². The van der Waals surface area contributed by atoms with Gasteiger partial charge in [-0.25, -0.2) is 0 Å². The number of hydrogen-bond acceptors (Lipinski definition) is 3. The average molecular weight is 244 g/mol. The van der Waals surface area contributed by atoms with Crippen molar-refractivity contribution in [2.45, 2.75) is 19.3 Å². The molecule has 0 radical (unpaired) electrons. The Balaban J connectivity index is 0. The van der Waals surface area contributed by atoms with Crippen LogP contribution in [0, 0.1) is 0 Å². The molecule has 14 heavy (non-hydrogen) atoms. The summed E-state index contributed by atoms with van der Waals surface area (Å²) in [5.74, 6) is -0.128. The predicted molar refractivity (Wildman–Crippen MR) is 54.8 cm³/mol. The topological polar surface area (TPSA) is 54.4 Å². The van der Waals surface area contributed by atoms with E-state index >= 15 is 0 Å². The standard InChI is InChI=1S/C8H12O3S2.Na.H/c9-13(10,11)6-2-1-3-8-4-5-12-7-8;;/h4-5,7H,1-3,6H2,(H,9,10,11);;/q;+1;-1. The average Bonchev–Trinajstić information content (AvgIpc) is 2.48. The van der Waals surface area contributed by atoms with Crippen molar-refractivity contribution in [1.29, 1.82) is 0 Å². The van der Waals surface area contributed by atoms with E-state index in [4.69, 9.17) is 4.55 Å². The zero-order chi connectivity index (χ0) is 9.73. The molecule has 1 aromatic rings. The van der Waals surface area contributed by atoms with Gasteiger partial charge in [0.05, 0.1) is 5.75 Å². The van der Waals surface area contributed by atoms with Crippen LogP contribution in [0.3, 0.4) is 0 Å². The molecule has 0 unspecified atom stereocenters.